The quantitative estimate of drug-likeness (QED) is 0.0250. The van der Waals surface area contributed by atoms with Gasteiger partial charge < -0.3 is 120 Å². The largest absolute Gasteiger partial charge is 0.508 e. The number of rotatable bonds is 42. The first-order valence-corrected chi connectivity index (χ1v) is 30.6. The lowest BCUT2D eigenvalue weighted by molar-refractivity contribution is -0.143. The Bertz CT molecular complexity index is 3290. The van der Waals surface area contributed by atoms with E-state index >= 15 is 0 Å². The lowest BCUT2D eigenvalue weighted by Gasteiger charge is -2.29. The topological polar surface area (TPSA) is 637 Å². The molecule has 0 fully saturated rings. The first kappa shape index (κ1) is 82.5. The van der Waals surface area contributed by atoms with Crippen molar-refractivity contribution < 1.29 is 118 Å². The number of hydrogen-bond donors (Lipinski definition) is 23. The van der Waals surface area contributed by atoms with E-state index in [9.17, 15) is 118 Å². The molecule has 0 aliphatic carbocycles. The lowest BCUT2D eigenvalue weighted by atomic mass is 10.0. The van der Waals surface area contributed by atoms with E-state index in [1.54, 1.807) is 18.2 Å². The van der Waals surface area contributed by atoms with Crippen LogP contribution in [-0.4, -0.2) is 256 Å². The number of aromatic amines is 1. The summed E-state index contributed by atoms with van der Waals surface area (Å²) < 4.78 is 0. The van der Waals surface area contributed by atoms with Crippen LogP contribution in [0.25, 0.3) is 0 Å². The minimum Gasteiger partial charge on any atom is -0.508 e. The number of nitrogens with zero attached hydrogens (tertiary/aromatic N) is 1. The maximum absolute atomic E-state index is 14.2. The number of nitrogens with one attached hydrogen (secondary N) is 13. The van der Waals surface area contributed by atoms with Gasteiger partial charge >= 0.3 is 17.9 Å². The Balaban J connectivity index is 1.73. The van der Waals surface area contributed by atoms with E-state index in [-0.39, 0.29) is 25.0 Å². The first-order valence-electron chi connectivity index (χ1n) is 30.6. The van der Waals surface area contributed by atoms with Crippen LogP contribution in [0.2, 0.25) is 0 Å². The molecule has 24 N–H and O–H groups in total. The highest BCUT2D eigenvalue weighted by Crippen LogP contribution is 2.13. The molecular weight excluding hydrogens is 1310 g/mol. The molecule has 0 saturated carbocycles. The molecule has 14 atom stereocenters. The number of carbonyl (C=O) groups excluding carboxylic acids is 12. The van der Waals surface area contributed by atoms with Crippen LogP contribution in [0.3, 0.4) is 0 Å². The second-order valence-corrected chi connectivity index (χ2v) is 23.0. The number of aromatic nitrogens is 2. The number of H-pyrrole nitrogens is 1. The van der Waals surface area contributed by atoms with E-state index in [1.165, 1.54) is 69.7 Å². The van der Waals surface area contributed by atoms with Gasteiger partial charge in [0, 0.05) is 37.6 Å². The van der Waals surface area contributed by atoms with Gasteiger partial charge in [-0.15, -0.1) is 0 Å². The highest BCUT2D eigenvalue weighted by Gasteiger charge is 2.38. The van der Waals surface area contributed by atoms with E-state index in [4.69, 9.17) is 5.73 Å². The molecule has 1 aromatic heterocycles. The van der Waals surface area contributed by atoms with Gasteiger partial charge in [0.1, 0.15) is 72.2 Å². The average Bonchev–Trinajstić information content (AvgIpc) is 1.21. The molecule has 544 valence electrons. The molecule has 99 heavy (non-hydrogen) atoms. The summed E-state index contributed by atoms with van der Waals surface area (Å²) in [7, 11) is 0. The third-order valence-electron chi connectivity index (χ3n) is 14.5. The number of benzene rings is 2. The van der Waals surface area contributed by atoms with Crippen LogP contribution >= 0.6 is 0 Å². The fourth-order valence-corrected chi connectivity index (χ4v) is 9.01. The van der Waals surface area contributed by atoms with Crippen LogP contribution in [-0.2, 0) is 91.2 Å². The lowest BCUT2D eigenvalue weighted by Crippen LogP contribution is -2.63. The van der Waals surface area contributed by atoms with Crippen LogP contribution < -0.4 is 69.5 Å². The molecule has 0 bridgehead atoms. The summed E-state index contributed by atoms with van der Waals surface area (Å²) in [5.74, 6) is -20.0. The van der Waals surface area contributed by atoms with Gasteiger partial charge in [-0.3, -0.25) is 67.1 Å². The Hall–Kier alpha value is -10.7. The van der Waals surface area contributed by atoms with Crippen LogP contribution in [0.1, 0.15) is 70.7 Å². The Morgan fingerprint density at radius 1 is 0.465 bits per heavy atom. The summed E-state index contributed by atoms with van der Waals surface area (Å²) in [6, 6.07) is -8.00. The Morgan fingerprint density at radius 2 is 0.909 bits per heavy atom. The molecule has 0 aliphatic heterocycles. The monoisotopic (exact) mass is 1400 g/mol. The maximum atomic E-state index is 14.2. The molecule has 2 aromatic carbocycles. The Labute approximate surface area is 564 Å². The highest BCUT2D eigenvalue weighted by molar-refractivity contribution is 6.00. The summed E-state index contributed by atoms with van der Waals surface area (Å²) in [5, 5.41) is 116. The van der Waals surface area contributed by atoms with Gasteiger partial charge in [-0.1, -0.05) is 56.3 Å². The zero-order valence-electron chi connectivity index (χ0n) is 54.3. The summed E-state index contributed by atoms with van der Waals surface area (Å²) >= 11 is 0. The van der Waals surface area contributed by atoms with Gasteiger partial charge in [-0.2, -0.15) is 0 Å². The van der Waals surface area contributed by atoms with E-state index in [1.807, 2.05) is 10.6 Å². The predicted molar refractivity (Wildman–Crippen MR) is 338 cm³/mol. The number of aliphatic hydroxyl groups excluding tert-OH is 5. The second-order valence-electron chi connectivity index (χ2n) is 23.0. The number of imidazole rings is 1. The van der Waals surface area contributed by atoms with Crippen LogP contribution in [0.4, 0.5) is 0 Å². The molecule has 3 rings (SSSR count). The van der Waals surface area contributed by atoms with Gasteiger partial charge in [0.15, 0.2) is 0 Å². The fraction of sp³-hybridized carbons (Fsp3) is 0.500. The molecule has 0 saturated heterocycles. The van der Waals surface area contributed by atoms with Gasteiger partial charge in [-0.05, 0) is 56.4 Å². The number of aromatic hydroxyl groups is 1. The molecule has 0 unspecified atom stereocenters. The third-order valence-corrected chi connectivity index (χ3v) is 14.5. The molecular formula is C60H85N15O24. The summed E-state index contributed by atoms with van der Waals surface area (Å²) in [5.41, 5.74) is 7.19. The second kappa shape index (κ2) is 40.7. The van der Waals surface area contributed by atoms with Crippen molar-refractivity contribution in [1.82, 2.24) is 73.8 Å². The molecule has 0 radical (unpaired) electrons. The van der Waals surface area contributed by atoms with Crippen molar-refractivity contribution >= 4 is 88.8 Å². The Morgan fingerprint density at radius 3 is 1.39 bits per heavy atom. The van der Waals surface area contributed by atoms with Crippen molar-refractivity contribution in [2.75, 3.05) is 26.4 Å². The number of aliphatic carboxylic acids is 3. The van der Waals surface area contributed by atoms with E-state index in [2.05, 4.69) is 63.1 Å². The van der Waals surface area contributed by atoms with Crippen LogP contribution in [0.5, 0.6) is 5.75 Å². The average molecular weight is 1400 g/mol. The van der Waals surface area contributed by atoms with E-state index in [0.29, 0.717) is 16.8 Å². The zero-order chi connectivity index (χ0) is 74.4. The van der Waals surface area contributed by atoms with E-state index in [0.717, 1.165) is 13.8 Å². The highest BCUT2D eigenvalue weighted by atomic mass is 16.4. The van der Waals surface area contributed by atoms with Crippen molar-refractivity contribution in [3.05, 3.63) is 83.9 Å². The first-order chi connectivity index (χ1) is 46.6. The number of phenolic OH excluding ortho intramolecular Hbond substituents is 1. The normalized spacial score (nSPS) is 15.3. The smallest absolute Gasteiger partial charge is 0.326 e. The number of aliphatic hydroxyl groups is 5. The molecule has 12 amide bonds. The number of carboxylic acids is 3. The Kier molecular flexibility index (Phi) is 33.9. The van der Waals surface area contributed by atoms with Crippen molar-refractivity contribution in [1.29, 1.82) is 0 Å². The number of nitrogens with two attached hydrogens (primary N) is 1. The van der Waals surface area contributed by atoms with Gasteiger partial charge in [0.25, 0.3) is 0 Å². The molecule has 0 aliphatic rings. The molecule has 39 heteroatoms. The van der Waals surface area contributed by atoms with Crippen molar-refractivity contribution in [2.45, 2.75) is 158 Å². The fourth-order valence-electron chi connectivity index (χ4n) is 9.01. The van der Waals surface area contributed by atoms with Gasteiger partial charge in [-0.25, -0.2) is 9.78 Å². The molecule has 3 aromatic rings. The van der Waals surface area contributed by atoms with Crippen LogP contribution in [0.15, 0.2) is 67.1 Å². The predicted octanol–water partition coefficient (Wildman–Crippen LogP) is -9.24. The van der Waals surface area contributed by atoms with E-state index < -0.39 is 225 Å². The van der Waals surface area contributed by atoms with Crippen molar-refractivity contribution in [2.24, 2.45) is 11.7 Å². The molecule has 39 nitrogen and oxygen atoms in total. The number of hydrogen-bond acceptors (Lipinski definition) is 23. The standard InChI is InChI=1S/C60H85N15O24/c1-27(2)46(57(95)71-42(25-78)56(94)70-40(23-76)55(93)69-39(60(98)99)18-32-11-13-34(81)14-12-32)74-53(91)38(20-45(85)86)67-54(92)41(24-77)72-59(97)48(30(5)80)75-52(90)37(17-31-9-7-6-8-10-31)68-58(96)47(29(4)79)73-43(82)22-63-51(89)36(15-16-44(83)84)66-49(87)28(3)65-50(88)35(61)19-33-21-62-26-64-33/h6-14,21,26-30,35-42,46-48,76-81H,15-20,22-25,61H2,1-5H3,(H,62,64)(H,63,89)(H,65,88)(H,66,87)(H,67,92)(H,68,96)(H,69,93)(H,70,94)(H,71,95)(H,72,97)(H,73,82)(H,74,91)(H,75,90)(H,83,84)(H,85,86)(H,98,99)/t28-,29+,30+,35-,36-,37-,38-,39-,40-,41-,42-,46-,47-,48-/m0/s1. The number of carboxylic acid groups (broad SMARTS) is 3. The minimum absolute atomic E-state index is 0.0218. The minimum atomic E-state index is -2.12. The maximum Gasteiger partial charge on any atom is 0.326 e. The molecule has 1 heterocycles. The summed E-state index contributed by atoms with van der Waals surface area (Å²) in [6.45, 7) is 1.52. The molecule has 0 spiro atoms. The van der Waals surface area contributed by atoms with Crippen LogP contribution in [0, 0.1) is 5.92 Å². The van der Waals surface area contributed by atoms with Gasteiger partial charge in [0.05, 0.1) is 57.4 Å². The van der Waals surface area contributed by atoms with Gasteiger partial charge in [0.2, 0.25) is 70.9 Å². The third kappa shape index (κ3) is 28.1. The summed E-state index contributed by atoms with van der Waals surface area (Å²) in [4.78, 5) is 204. The van der Waals surface area contributed by atoms with Crippen molar-refractivity contribution in [3.63, 3.8) is 0 Å². The number of carbonyl (C=O) groups is 15. The zero-order valence-corrected chi connectivity index (χ0v) is 54.3. The van der Waals surface area contributed by atoms with Crippen molar-refractivity contribution in [3.8, 4) is 5.75 Å². The number of amides is 12. The summed E-state index contributed by atoms with van der Waals surface area (Å²) in [6.07, 6.45) is -3.85. The SMILES string of the molecule is CC(C)[C@H](NC(=O)[C@H](CC(=O)O)NC(=O)[C@H](CO)NC(=O)[C@@H](NC(=O)[C@H](Cc1ccccc1)NC(=O)[C@@H](NC(=O)CNC(=O)[C@H](CCC(=O)O)NC(=O)[C@H](C)NC(=O)[C@@H](N)Cc1cnc[nH]1)[C@@H](C)O)[C@@H](C)O)C(=O)N[C@@H](CO)C(=O)N[C@@H](CO)C(=O)N[C@@H](Cc1ccc(O)cc1)C(=O)O. The number of phenols is 1.